The van der Waals surface area contributed by atoms with Crippen LogP contribution < -0.4 is 5.32 Å². The minimum Gasteiger partial charge on any atom is -0.379 e. The van der Waals surface area contributed by atoms with Crippen molar-refractivity contribution in [2.24, 2.45) is 0 Å². The number of hydrogen-bond acceptors (Lipinski definition) is 5. The van der Waals surface area contributed by atoms with Crippen molar-refractivity contribution >= 4 is 0 Å². The molecular weight excluding hydrogens is 194 g/mol. The van der Waals surface area contributed by atoms with Gasteiger partial charge in [-0.3, -0.25) is 0 Å². The van der Waals surface area contributed by atoms with Crippen molar-refractivity contribution < 1.29 is 4.74 Å². The quantitative estimate of drug-likeness (QED) is 0.767. The maximum atomic E-state index is 5.32. The molecule has 1 atom stereocenters. The van der Waals surface area contributed by atoms with Crippen molar-refractivity contribution in [1.29, 1.82) is 0 Å². The molecule has 0 radical (unpaired) electrons. The highest BCUT2D eigenvalue weighted by Crippen LogP contribution is 2.18. The number of ether oxygens (including phenoxy) is 1. The van der Waals surface area contributed by atoms with Crippen LogP contribution in [0.15, 0.2) is 0 Å². The van der Waals surface area contributed by atoms with E-state index in [0.717, 1.165) is 25.5 Å². The smallest absolute Gasteiger partial charge is 0.165 e. The first kappa shape index (κ1) is 10.5. The third-order valence-electron chi connectivity index (χ3n) is 2.48. The van der Waals surface area contributed by atoms with Crippen molar-refractivity contribution in [3.63, 3.8) is 0 Å². The second-order valence-corrected chi connectivity index (χ2v) is 4.09. The maximum Gasteiger partial charge on any atom is 0.165 e. The molecule has 1 N–H and O–H groups in total. The van der Waals surface area contributed by atoms with E-state index in [4.69, 9.17) is 4.74 Å². The van der Waals surface area contributed by atoms with Crippen molar-refractivity contribution in [3.05, 3.63) is 5.82 Å². The molecule has 6 heteroatoms. The van der Waals surface area contributed by atoms with Gasteiger partial charge in [0.05, 0.1) is 19.2 Å². The summed E-state index contributed by atoms with van der Waals surface area (Å²) in [4.78, 5) is 0. The molecule has 1 aromatic rings. The van der Waals surface area contributed by atoms with Crippen LogP contribution in [0.3, 0.4) is 0 Å². The zero-order valence-electron chi connectivity index (χ0n) is 9.18. The molecule has 2 rings (SSSR count). The van der Waals surface area contributed by atoms with Crippen LogP contribution in [0.2, 0.25) is 0 Å². The zero-order chi connectivity index (χ0) is 10.7. The van der Waals surface area contributed by atoms with E-state index in [9.17, 15) is 0 Å². The Morgan fingerprint density at radius 2 is 2.47 bits per heavy atom. The molecule has 1 aromatic heterocycles. The molecule has 84 valence electrons. The molecule has 2 heterocycles. The molecule has 1 fully saturated rings. The molecule has 1 saturated heterocycles. The predicted octanol–water partition coefficient (Wildman–Crippen LogP) is 0.132. The first-order valence-corrected chi connectivity index (χ1v) is 5.35. The van der Waals surface area contributed by atoms with Gasteiger partial charge in [0.2, 0.25) is 0 Å². The second-order valence-electron chi connectivity index (χ2n) is 4.09. The minimum absolute atomic E-state index is 0.309. The largest absolute Gasteiger partial charge is 0.379 e. The van der Waals surface area contributed by atoms with E-state index in [1.165, 1.54) is 0 Å². The van der Waals surface area contributed by atoms with Crippen molar-refractivity contribution in [2.75, 3.05) is 13.2 Å². The van der Waals surface area contributed by atoms with Crippen LogP contribution in [-0.2, 0) is 11.3 Å². The van der Waals surface area contributed by atoms with Gasteiger partial charge in [0.1, 0.15) is 0 Å². The lowest BCUT2D eigenvalue weighted by Gasteiger charge is -2.11. The Hall–Kier alpha value is -1.01. The third-order valence-corrected chi connectivity index (χ3v) is 2.48. The van der Waals surface area contributed by atoms with Gasteiger partial charge in [0.25, 0.3) is 0 Å². The lowest BCUT2D eigenvalue weighted by Crippen LogP contribution is -2.25. The van der Waals surface area contributed by atoms with Gasteiger partial charge in [-0.15, -0.1) is 5.10 Å². The number of nitrogens with zero attached hydrogens (tertiary/aromatic N) is 4. The highest BCUT2D eigenvalue weighted by Gasteiger charge is 2.21. The normalized spacial score (nSPS) is 21.4. The number of rotatable bonds is 4. The van der Waals surface area contributed by atoms with E-state index in [-0.39, 0.29) is 0 Å². The van der Waals surface area contributed by atoms with Crippen molar-refractivity contribution in [2.45, 2.75) is 38.9 Å². The Morgan fingerprint density at radius 3 is 3.13 bits per heavy atom. The molecule has 1 aliphatic rings. The Kier molecular flexibility index (Phi) is 3.27. The van der Waals surface area contributed by atoms with Crippen LogP contribution in [0, 0.1) is 0 Å². The predicted molar refractivity (Wildman–Crippen MR) is 54.3 cm³/mol. The summed E-state index contributed by atoms with van der Waals surface area (Å²) in [6, 6.07) is 0.749. The average Bonchev–Trinajstić information content (AvgIpc) is 2.85. The summed E-state index contributed by atoms with van der Waals surface area (Å²) < 4.78 is 7.20. The van der Waals surface area contributed by atoms with Crippen LogP contribution in [0.4, 0.5) is 0 Å². The van der Waals surface area contributed by atoms with Gasteiger partial charge in [-0.05, 0) is 16.8 Å². The Labute approximate surface area is 89.0 Å². The van der Waals surface area contributed by atoms with Gasteiger partial charge in [-0.25, -0.2) is 4.68 Å². The standard InChI is InChI=1S/C9H17N5O/c1-7(2)10-5-9-11-12-13-14(9)8-3-4-15-6-8/h7-8,10H,3-6H2,1-2H3. The Morgan fingerprint density at radius 1 is 1.60 bits per heavy atom. The average molecular weight is 211 g/mol. The highest BCUT2D eigenvalue weighted by atomic mass is 16.5. The number of hydrogen-bond donors (Lipinski definition) is 1. The number of tetrazole rings is 1. The van der Waals surface area contributed by atoms with Gasteiger partial charge in [-0.2, -0.15) is 0 Å². The summed E-state index contributed by atoms with van der Waals surface area (Å²) in [7, 11) is 0. The van der Waals surface area contributed by atoms with Crippen molar-refractivity contribution in [1.82, 2.24) is 25.5 Å². The fraction of sp³-hybridized carbons (Fsp3) is 0.889. The summed E-state index contributed by atoms with van der Waals surface area (Å²) in [5, 5.41) is 15.0. The van der Waals surface area contributed by atoms with E-state index in [1.54, 1.807) is 0 Å². The summed E-state index contributed by atoms with van der Waals surface area (Å²) in [6.45, 7) is 6.45. The zero-order valence-corrected chi connectivity index (χ0v) is 9.18. The number of nitrogens with one attached hydrogen (secondary N) is 1. The summed E-state index contributed by atoms with van der Waals surface area (Å²) >= 11 is 0. The van der Waals surface area contributed by atoms with Gasteiger partial charge in [-0.1, -0.05) is 13.8 Å². The van der Waals surface area contributed by atoms with Crippen LogP contribution in [0.1, 0.15) is 32.1 Å². The van der Waals surface area contributed by atoms with Crippen LogP contribution in [0.25, 0.3) is 0 Å². The summed E-state index contributed by atoms with van der Waals surface area (Å²) in [6.07, 6.45) is 1.000. The van der Waals surface area contributed by atoms with Gasteiger partial charge in [0, 0.05) is 12.6 Å². The van der Waals surface area contributed by atoms with E-state index < -0.39 is 0 Å². The van der Waals surface area contributed by atoms with Gasteiger partial charge in [0.15, 0.2) is 5.82 Å². The Bertz CT molecular complexity index is 305. The molecule has 0 saturated carbocycles. The van der Waals surface area contributed by atoms with E-state index >= 15 is 0 Å². The molecule has 0 amide bonds. The first-order valence-electron chi connectivity index (χ1n) is 5.35. The van der Waals surface area contributed by atoms with Gasteiger partial charge >= 0.3 is 0 Å². The SMILES string of the molecule is CC(C)NCc1nnnn1C1CCOC1. The first-order chi connectivity index (χ1) is 7.27. The molecule has 15 heavy (non-hydrogen) atoms. The molecule has 1 unspecified atom stereocenters. The highest BCUT2D eigenvalue weighted by molar-refractivity contribution is 4.85. The lowest BCUT2D eigenvalue weighted by molar-refractivity contribution is 0.183. The number of aromatic nitrogens is 4. The van der Waals surface area contributed by atoms with Crippen LogP contribution in [-0.4, -0.2) is 39.5 Å². The topological polar surface area (TPSA) is 64.9 Å². The molecular formula is C9H17N5O. The lowest BCUT2D eigenvalue weighted by atomic mass is 10.2. The maximum absolute atomic E-state index is 5.32. The molecule has 0 bridgehead atoms. The van der Waals surface area contributed by atoms with Crippen LogP contribution in [0.5, 0.6) is 0 Å². The molecule has 0 aromatic carbocycles. The van der Waals surface area contributed by atoms with E-state index in [0.29, 0.717) is 18.6 Å². The third kappa shape index (κ3) is 2.51. The fourth-order valence-electron chi connectivity index (χ4n) is 1.62. The fourth-order valence-corrected chi connectivity index (χ4v) is 1.62. The van der Waals surface area contributed by atoms with Crippen molar-refractivity contribution in [3.8, 4) is 0 Å². The molecule has 0 spiro atoms. The summed E-state index contributed by atoms with van der Waals surface area (Å²) in [5.74, 6) is 0.888. The van der Waals surface area contributed by atoms with E-state index in [1.807, 2.05) is 4.68 Å². The van der Waals surface area contributed by atoms with Gasteiger partial charge < -0.3 is 10.1 Å². The minimum atomic E-state index is 0.309. The molecule has 6 nitrogen and oxygen atoms in total. The molecule has 0 aliphatic carbocycles. The monoisotopic (exact) mass is 211 g/mol. The Balaban J connectivity index is 2.01. The van der Waals surface area contributed by atoms with Crippen LogP contribution >= 0.6 is 0 Å². The summed E-state index contributed by atoms with van der Waals surface area (Å²) in [5.41, 5.74) is 0. The van der Waals surface area contributed by atoms with E-state index in [2.05, 4.69) is 34.7 Å². The molecule has 1 aliphatic heterocycles. The second kappa shape index (κ2) is 4.67.